The van der Waals surface area contributed by atoms with Crippen molar-refractivity contribution in [3.05, 3.63) is 95.3 Å². The molecule has 2 heterocycles. The summed E-state index contributed by atoms with van der Waals surface area (Å²) in [6.07, 6.45) is 1.74. The van der Waals surface area contributed by atoms with Crippen LogP contribution in [0.2, 0.25) is 5.02 Å². The van der Waals surface area contributed by atoms with Crippen molar-refractivity contribution in [1.82, 2.24) is 25.2 Å². The van der Waals surface area contributed by atoms with E-state index in [1.54, 1.807) is 35.1 Å². The van der Waals surface area contributed by atoms with Crippen LogP contribution in [0.5, 0.6) is 0 Å². The number of benzene rings is 3. The van der Waals surface area contributed by atoms with Crippen LogP contribution in [0.1, 0.15) is 16.1 Å². The number of halogens is 1. The zero-order valence-corrected chi connectivity index (χ0v) is 17.0. The first-order chi connectivity index (χ1) is 15.2. The lowest BCUT2D eigenvalue weighted by Crippen LogP contribution is -2.19. The molecule has 0 radical (unpaired) electrons. The molecule has 152 valence electrons. The standard InChI is InChI=1S/C23H17ClN6O/c24-18-7-9-19(10-8-18)26-23(31)22-21(16-6-11-20-17(12-16)13-25-27-20)28-29-30(22)14-15-4-2-1-3-5-15/h1-13H,14H2,(H,25,27)(H,26,31). The van der Waals surface area contributed by atoms with Gasteiger partial charge in [-0.05, 0) is 42.0 Å². The van der Waals surface area contributed by atoms with Crippen molar-refractivity contribution in [3.63, 3.8) is 0 Å². The molecule has 1 amide bonds. The third kappa shape index (κ3) is 3.91. The minimum atomic E-state index is -0.300. The average Bonchev–Trinajstić information content (AvgIpc) is 3.42. The van der Waals surface area contributed by atoms with E-state index in [2.05, 4.69) is 25.8 Å². The van der Waals surface area contributed by atoms with Gasteiger partial charge in [-0.2, -0.15) is 5.10 Å². The van der Waals surface area contributed by atoms with E-state index in [9.17, 15) is 4.79 Å². The number of H-pyrrole nitrogens is 1. The zero-order valence-electron chi connectivity index (χ0n) is 16.3. The van der Waals surface area contributed by atoms with Crippen molar-refractivity contribution < 1.29 is 4.79 Å². The molecule has 5 aromatic rings. The minimum absolute atomic E-state index is 0.300. The number of carbonyl (C=O) groups is 1. The largest absolute Gasteiger partial charge is 0.321 e. The number of fused-ring (bicyclic) bond motifs is 1. The van der Waals surface area contributed by atoms with Gasteiger partial charge in [0.2, 0.25) is 0 Å². The Kier molecular flexibility index (Phi) is 4.93. The normalized spacial score (nSPS) is 11.0. The first-order valence-corrected chi connectivity index (χ1v) is 10.0. The summed E-state index contributed by atoms with van der Waals surface area (Å²) in [5, 5.41) is 20.1. The number of hydrogen-bond acceptors (Lipinski definition) is 4. The summed E-state index contributed by atoms with van der Waals surface area (Å²) in [6.45, 7) is 0.422. The van der Waals surface area contributed by atoms with Crippen LogP contribution in [-0.2, 0) is 6.54 Å². The van der Waals surface area contributed by atoms with E-state index < -0.39 is 0 Å². The third-order valence-corrected chi connectivity index (χ3v) is 5.19. The maximum absolute atomic E-state index is 13.3. The number of amides is 1. The first kappa shape index (κ1) is 19.0. The van der Waals surface area contributed by atoms with E-state index in [4.69, 9.17) is 11.6 Å². The van der Waals surface area contributed by atoms with Crippen LogP contribution in [0.15, 0.2) is 79.0 Å². The molecule has 0 aliphatic rings. The van der Waals surface area contributed by atoms with Crippen LogP contribution in [0.3, 0.4) is 0 Å². The van der Waals surface area contributed by atoms with Crippen molar-refractivity contribution in [2.24, 2.45) is 0 Å². The van der Waals surface area contributed by atoms with E-state index >= 15 is 0 Å². The van der Waals surface area contributed by atoms with Crippen LogP contribution in [0.4, 0.5) is 5.69 Å². The molecule has 2 N–H and O–H groups in total. The molecule has 0 fully saturated rings. The average molecular weight is 429 g/mol. The Hall–Kier alpha value is -3.97. The van der Waals surface area contributed by atoms with Crippen LogP contribution >= 0.6 is 11.6 Å². The molecule has 0 aliphatic carbocycles. The fraction of sp³-hybridized carbons (Fsp3) is 0.0435. The number of aromatic nitrogens is 5. The summed E-state index contributed by atoms with van der Waals surface area (Å²) < 4.78 is 1.62. The molecule has 0 bridgehead atoms. The smallest absolute Gasteiger partial charge is 0.276 e. The highest BCUT2D eigenvalue weighted by molar-refractivity contribution is 6.30. The van der Waals surface area contributed by atoms with E-state index in [0.29, 0.717) is 28.6 Å². The highest BCUT2D eigenvalue weighted by Crippen LogP contribution is 2.26. The van der Waals surface area contributed by atoms with Gasteiger partial charge in [-0.1, -0.05) is 53.2 Å². The summed E-state index contributed by atoms with van der Waals surface area (Å²) in [6, 6.07) is 22.5. The van der Waals surface area contributed by atoms with Gasteiger partial charge < -0.3 is 5.32 Å². The third-order valence-electron chi connectivity index (χ3n) is 4.94. The molecule has 3 aromatic carbocycles. The van der Waals surface area contributed by atoms with E-state index in [1.165, 1.54) is 0 Å². The lowest BCUT2D eigenvalue weighted by atomic mass is 10.1. The Morgan fingerprint density at radius 2 is 1.84 bits per heavy atom. The quantitative estimate of drug-likeness (QED) is 0.422. The fourth-order valence-corrected chi connectivity index (χ4v) is 3.54. The molecule has 31 heavy (non-hydrogen) atoms. The van der Waals surface area contributed by atoms with Crippen LogP contribution in [0, 0.1) is 0 Å². The number of carbonyl (C=O) groups excluding carboxylic acids is 1. The zero-order chi connectivity index (χ0) is 21.2. The first-order valence-electron chi connectivity index (χ1n) is 9.65. The Morgan fingerprint density at radius 3 is 2.65 bits per heavy atom. The molecule has 5 rings (SSSR count). The van der Waals surface area contributed by atoms with Gasteiger partial charge in [-0.25, -0.2) is 4.68 Å². The Bertz CT molecular complexity index is 1360. The molecule has 0 spiro atoms. The summed E-state index contributed by atoms with van der Waals surface area (Å²) in [5.41, 5.74) is 4.23. The lowest BCUT2D eigenvalue weighted by molar-refractivity contribution is 0.101. The van der Waals surface area contributed by atoms with Crippen LogP contribution < -0.4 is 5.32 Å². The van der Waals surface area contributed by atoms with Crippen molar-refractivity contribution in [2.75, 3.05) is 5.32 Å². The minimum Gasteiger partial charge on any atom is -0.321 e. The molecule has 2 aromatic heterocycles. The van der Waals surface area contributed by atoms with Crippen molar-refractivity contribution >= 4 is 34.1 Å². The summed E-state index contributed by atoms with van der Waals surface area (Å²) >= 11 is 5.96. The molecule has 0 saturated heterocycles. The van der Waals surface area contributed by atoms with E-state index in [1.807, 2.05) is 48.5 Å². The topological polar surface area (TPSA) is 88.5 Å². The molecule has 8 heteroatoms. The second-order valence-corrected chi connectivity index (χ2v) is 7.50. The van der Waals surface area contributed by atoms with Gasteiger partial charge in [0.05, 0.1) is 18.3 Å². The van der Waals surface area contributed by atoms with Gasteiger partial charge in [0, 0.05) is 21.7 Å². The van der Waals surface area contributed by atoms with Gasteiger partial charge in [-0.3, -0.25) is 9.89 Å². The maximum Gasteiger partial charge on any atom is 0.276 e. The lowest BCUT2D eigenvalue weighted by Gasteiger charge is -2.10. The van der Waals surface area contributed by atoms with Gasteiger partial charge in [-0.15, -0.1) is 5.10 Å². The monoisotopic (exact) mass is 428 g/mol. The highest BCUT2D eigenvalue weighted by atomic mass is 35.5. The molecule has 0 saturated carbocycles. The predicted molar refractivity (Wildman–Crippen MR) is 120 cm³/mol. The fourth-order valence-electron chi connectivity index (χ4n) is 3.41. The predicted octanol–water partition coefficient (Wildman–Crippen LogP) is 4.78. The summed E-state index contributed by atoms with van der Waals surface area (Å²) in [7, 11) is 0. The van der Waals surface area contributed by atoms with Crippen molar-refractivity contribution in [1.29, 1.82) is 0 Å². The van der Waals surface area contributed by atoms with Gasteiger partial charge in [0.25, 0.3) is 5.91 Å². The molecule has 0 aliphatic heterocycles. The van der Waals surface area contributed by atoms with E-state index in [0.717, 1.165) is 22.0 Å². The number of anilines is 1. The second kappa shape index (κ2) is 8.04. The Morgan fingerprint density at radius 1 is 1.03 bits per heavy atom. The molecular formula is C23H17ClN6O. The van der Waals surface area contributed by atoms with Gasteiger partial charge in [0.15, 0.2) is 5.69 Å². The number of nitrogens with zero attached hydrogens (tertiary/aromatic N) is 4. The number of aromatic amines is 1. The van der Waals surface area contributed by atoms with Crippen LogP contribution in [0.25, 0.3) is 22.2 Å². The molecular weight excluding hydrogens is 412 g/mol. The SMILES string of the molecule is O=C(Nc1ccc(Cl)cc1)c1c(-c2ccc3[nH]ncc3c2)nnn1Cc1ccccc1. The number of nitrogens with one attached hydrogen (secondary N) is 2. The second-order valence-electron chi connectivity index (χ2n) is 7.06. The van der Waals surface area contributed by atoms with E-state index in [-0.39, 0.29) is 5.91 Å². The summed E-state index contributed by atoms with van der Waals surface area (Å²) in [4.78, 5) is 13.3. The number of rotatable bonds is 5. The van der Waals surface area contributed by atoms with Gasteiger partial charge in [0.1, 0.15) is 5.69 Å². The molecule has 7 nitrogen and oxygen atoms in total. The maximum atomic E-state index is 13.3. The van der Waals surface area contributed by atoms with Crippen LogP contribution in [-0.4, -0.2) is 31.1 Å². The summed E-state index contributed by atoms with van der Waals surface area (Å²) in [5.74, 6) is -0.300. The Balaban J connectivity index is 1.57. The van der Waals surface area contributed by atoms with Crippen molar-refractivity contribution in [2.45, 2.75) is 6.54 Å². The molecule has 0 unspecified atom stereocenters. The Labute approximate surface area is 182 Å². The van der Waals surface area contributed by atoms with Crippen molar-refractivity contribution in [3.8, 4) is 11.3 Å². The van der Waals surface area contributed by atoms with Gasteiger partial charge >= 0.3 is 0 Å². The molecule has 0 atom stereocenters. The highest BCUT2D eigenvalue weighted by Gasteiger charge is 2.22. The number of hydrogen-bond donors (Lipinski definition) is 2.